The van der Waals surface area contributed by atoms with Crippen LogP contribution in [0.1, 0.15) is 15.9 Å². The smallest absolute Gasteiger partial charge is 0.264 e. The van der Waals surface area contributed by atoms with Crippen LogP contribution in [0, 0.1) is 5.82 Å². The van der Waals surface area contributed by atoms with Crippen LogP contribution in [0.2, 0.25) is 0 Å². The number of sulfonamides is 1. The average Bonchev–Trinajstić information content (AvgIpc) is 3.05. The number of amides is 1. The molecule has 1 aliphatic rings. The summed E-state index contributed by atoms with van der Waals surface area (Å²) in [6, 6.07) is 13.6. The van der Waals surface area contributed by atoms with Crippen molar-refractivity contribution in [2.45, 2.75) is 11.4 Å². The SMILES string of the molecule is O=C(c1ccc(Br)cc1NS(=O)(=O)c1cccc2nccnc12)N1CCOc2cc(F)ccc2C1. The van der Waals surface area contributed by atoms with Crippen LogP contribution in [0.25, 0.3) is 11.0 Å². The molecule has 1 aromatic heterocycles. The lowest BCUT2D eigenvalue weighted by Crippen LogP contribution is -2.33. The minimum atomic E-state index is -4.11. The number of nitrogens with one attached hydrogen (secondary N) is 1. The van der Waals surface area contributed by atoms with Gasteiger partial charge < -0.3 is 9.64 Å². The lowest BCUT2D eigenvalue weighted by molar-refractivity contribution is 0.0734. The van der Waals surface area contributed by atoms with Crippen molar-refractivity contribution < 1.29 is 22.3 Å². The van der Waals surface area contributed by atoms with E-state index in [-0.39, 0.29) is 41.4 Å². The second-order valence-electron chi connectivity index (χ2n) is 7.80. The molecule has 5 rings (SSSR count). The van der Waals surface area contributed by atoms with Gasteiger partial charge in [-0.3, -0.25) is 19.5 Å². The zero-order valence-electron chi connectivity index (χ0n) is 18.1. The van der Waals surface area contributed by atoms with E-state index < -0.39 is 21.7 Å². The van der Waals surface area contributed by atoms with Gasteiger partial charge in [0, 0.05) is 35.0 Å². The van der Waals surface area contributed by atoms with Crippen LogP contribution in [-0.4, -0.2) is 42.3 Å². The second kappa shape index (κ2) is 9.23. The van der Waals surface area contributed by atoms with Gasteiger partial charge in [-0.05, 0) is 36.4 Å². The summed E-state index contributed by atoms with van der Waals surface area (Å²) in [5, 5.41) is 0. The van der Waals surface area contributed by atoms with E-state index in [1.165, 1.54) is 41.6 Å². The van der Waals surface area contributed by atoms with Crippen molar-refractivity contribution in [3.8, 4) is 5.75 Å². The van der Waals surface area contributed by atoms with Crippen LogP contribution in [-0.2, 0) is 16.6 Å². The summed E-state index contributed by atoms with van der Waals surface area (Å²) in [6.45, 7) is 0.611. The number of benzene rings is 3. The number of hydrogen-bond donors (Lipinski definition) is 1. The number of aromatic nitrogens is 2. The Labute approximate surface area is 208 Å². The Morgan fingerprint density at radius 3 is 2.77 bits per heavy atom. The van der Waals surface area contributed by atoms with Crippen molar-refractivity contribution in [3.05, 3.63) is 88.4 Å². The lowest BCUT2D eigenvalue weighted by Gasteiger charge is -2.22. The van der Waals surface area contributed by atoms with Gasteiger partial charge in [0.2, 0.25) is 0 Å². The summed E-state index contributed by atoms with van der Waals surface area (Å²) < 4.78 is 49.0. The first-order valence-corrected chi connectivity index (χ1v) is 12.8. The molecule has 0 aliphatic carbocycles. The summed E-state index contributed by atoms with van der Waals surface area (Å²) in [6.07, 6.45) is 2.90. The molecule has 1 amide bonds. The minimum Gasteiger partial charge on any atom is -0.491 e. The molecule has 0 unspecified atom stereocenters. The number of anilines is 1. The van der Waals surface area contributed by atoms with Gasteiger partial charge in [-0.1, -0.05) is 28.1 Å². The monoisotopic (exact) mass is 556 g/mol. The van der Waals surface area contributed by atoms with Gasteiger partial charge in [0.15, 0.2) is 0 Å². The molecule has 0 radical (unpaired) electrons. The van der Waals surface area contributed by atoms with E-state index in [1.807, 2.05) is 0 Å². The normalized spacial score (nSPS) is 13.6. The third-order valence-corrected chi connectivity index (χ3v) is 7.39. The highest BCUT2D eigenvalue weighted by Crippen LogP contribution is 2.30. The highest BCUT2D eigenvalue weighted by atomic mass is 79.9. The van der Waals surface area contributed by atoms with Crippen molar-refractivity contribution in [1.82, 2.24) is 14.9 Å². The van der Waals surface area contributed by atoms with Crippen LogP contribution in [0.15, 0.2) is 76.4 Å². The summed E-state index contributed by atoms with van der Waals surface area (Å²) in [4.78, 5) is 23.3. The fraction of sp³-hybridized carbons (Fsp3) is 0.125. The highest BCUT2D eigenvalue weighted by Gasteiger charge is 2.26. The lowest BCUT2D eigenvalue weighted by atomic mass is 10.1. The molecule has 35 heavy (non-hydrogen) atoms. The fourth-order valence-electron chi connectivity index (χ4n) is 3.86. The van der Waals surface area contributed by atoms with Crippen LogP contribution >= 0.6 is 15.9 Å². The number of para-hydroxylation sites is 1. The molecule has 11 heteroatoms. The van der Waals surface area contributed by atoms with E-state index in [0.29, 0.717) is 21.3 Å². The molecule has 0 fully saturated rings. The number of ether oxygens (including phenoxy) is 1. The molecule has 1 aliphatic heterocycles. The van der Waals surface area contributed by atoms with E-state index in [2.05, 4.69) is 30.6 Å². The Bertz CT molecular complexity index is 1560. The molecule has 0 saturated heterocycles. The topological polar surface area (TPSA) is 101 Å². The number of carbonyl (C=O) groups is 1. The molecule has 0 atom stereocenters. The first kappa shape index (κ1) is 23.2. The first-order chi connectivity index (χ1) is 16.8. The zero-order valence-corrected chi connectivity index (χ0v) is 20.5. The van der Waals surface area contributed by atoms with Crippen molar-refractivity contribution in [2.75, 3.05) is 17.9 Å². The standard InChI is InChI=1S/C24H18BrFN4O4S/c25-16-5-7-18(24(31)30-10-11-34-21-13-17(26)6-4-15(21)14-30)20(12-16)29-35(32,33)22-3-1-2-19-23(22)28-9-8-27-19/h1-9,12-13,29H,10-11,14H2. The van der Waals surface area contributed by atoms with Crippen molar-refractivity contribution in [2.24, 2.45) is 0 Å². The highest BCUT2D eigenvalue weighted by molar-refractivity contribution is 9.10. The third-order valence-electron chi connectivity index (χ3n) is 5.50. The zero-order chi connectivity index (χ0) is 24.6. The van der Waals surface area contributed by atoms with Gasteiger partial charge >= 0.3 is 0 Å². The molecule has 8 nitrogen and oxygen atoms in total. The van der Waals surface area contributed by atoms with E-state index in [0.717, 1.165) is 0 Å². The first-order valence-electron chi connectivity index (χ1n) is 10.5. The maximum atomic E-state index is 13.6. The van der Waals surface area contributed by atoms with Crippen LogP contribution in [0.3, 0.4) is 0 Å². The maximum Gasteiger partial charge on any atom is 0.264 e. The minimum absolute atomic E-state index is 0.0550. The molecule has 4 aromatic rings. The molecule has 1 N–H and O–H groups in total. The number of fused-ring (bicyclic) bond motifs is 2. The molecule has 3 aromatic carbocycles. The fourth-order valence-corrected chi connectivity index (χ4v) is 5.46. The molecule has 0 saturated carbocycles. The number of hydrogen-bond acceptors (Lipinski definition) is 6. The van der Waals surface area contributed by atoms with Crippen LogP contribution < -0.4 is 9.46 Å². The van der Waals surface area contributed by atoms with E-state index >= 15 is 0 Å². The predicted molar refractivity (Wildman–Crippen MR) is 131 cm³/mol. The van der Waals surface area contributed by atoms with Crippen molar-refractivity contribution in [3.63, 3.8) is 0 Å². The van der Waals surface area contributed by atoms with Crippen LogP contribution in [0.4, 0.5) is 10.1 Å². The van der Waals surface area contributed by atoms with E-state index in [4.69, 9.17) is 4.74 Å². The molecular weight excluding hydrogens is 539 g/mol. The Hall–Kier alpha value is -3.57. The Balaban J connectivity index is 1.50. The molecule has 2 heterocycles. The van der Waals surface area contributed by atoms with Gasteiger partial charge in [0.1, 0.15) is 28.6 Å². The average molecular weight is 557 g/mol. The molecule has 0 bridgehead atoms. The van der Waals surface area contributed by atoms with Gasteiger partial charge in [-0.25, -0.2) is 12.8 Å². The van der Waals surface area contributed by atoms with Gasteiger partial charge in [-0.15, -0.1) is 0 Å². The number of rotatable bonds is 4. The summed E-state index contributed by atoms with van der Waals surface area (Å²) in [7, 11) is -4.11. The third kappa shape index (κ3) is 4.69. The van der Waals surface area contributed by atoms with E-state index in [1.54, 1.807) is 30.3 Å². The Kier molecular flexibility index (Phi) is 6.12. The second-order valence-corrected chi connectivity index (χ2v) is 10.4. The summed E-state index contributed by atoms with van der Waals surface area (Å²) in [5.74, 6) is -0.436. The van der Waals surface area contributed by atoms with E-state index in [9.17, 15) is 17.6 Å². The maximum absolute atomic E-state index is 13.6. The van der Waals surface area contributed by atoms with Crippen molar-refractivity contribution in [1.29, 1.82) is 0 Å². The van der Waals surface area contributed by atoms with Crippen LogP contribution in [0.5, 0.6) is 5.75 Å². The Morgan fingerprint density at radius 1 is 1.09 bits per heavy atom. The van der Waals surface area contributed by atoms with Gasteiger partial charge in [-0.2, -0.15) is 0 Å². The number of halogens is 2. The molecule has 178 valence electrons. The predicted octanol–water partition coefficient (Wildman–Crippen LogP) is 4.37. The quantitative estimate of drug-likeness (QED) is 0.400. The number of carbonyl (C=O) groups excluding carboxylic acids is 1. The summed E-state index contributed by atoms with van der Waals surface area (Å²) >= 11 is 3.35. The summed E-state index contributed by atoms with van der Waals surface area (Å²) in [5.41, 5.74) is 1.58. The largest absolute Gasteiger partial charge is 0.491 e. The van der Waals surface area contributed by atoms with Gasteiger partial charge in [0.05, 0.1) is 23.3 Å². The molecular formula is C24H18BrFN4O4S. The van der Waals surface area contributed by atoms with Gasteiger partial charge in [0.25, 0.3) is 15.9 Å². The van der Waals surface area contributed by atoms with Crippen molar-refractivity contribution >= 4 is 48.6 Å². The Morgan fingerprint density at radius 2 is 1.91 bits per heavy atom. The molecule has 0 spiro atoms. The number of nitrogens with zero attached hydrogens (tertiary/aromatic N) is 3.